The molecule has 1 atom stereocenters. The van der Waals surface area contributed by atoms with Crippen molar-refractivity contribution in [3.8, 4) is 0 Å². The van der Waals surface area contributed by atoms with Crippen molar-refractivity contribution < 1.29 is 0 Å². The van der Waals surface area contributed by atoms with Gasteiger partial charge >= 0.3 is 0 Å². The first kappa shape index (κ1) is 9.49. The van der Waals surface area contributed by atoms with Gasteiger partial charge in [-0.05, 0) is 42.3 Å². The Morgan fingerprint density at radius 3 is 3.08 bits per heavy atom. The highest BCUT2D eigenvalue weighted by Gasteiger charge is 2.07. The molecule has 1 nitrogen and oxygen atoms in total. The van der Waals surface area contributed by atoms with Gasteiger partial charge in [0, 0.05) is 6.04 Å². The third-order valence-electron chi connectivity index (χ3n) is 1.95. The molecule has 66 valence electrons. The topological polar surface area (TPSA) is 12.0 Å². The second-order valence-corrected chi connectivity index (χ2v) is 3.54. The fraction of sp³-hybridized carbons (Fsp3) is 0.400. The lowest BCUT2D eigenvalue weighted by Crippen LogP contribution is -2.15. The second-order valence-electron chi connectivity index (χ2n) is 2.76. The van der Waals surface area contributed by atoms with Crippen LogP contribution in [0, 0.1) is 0 Å². The van der Waals surface area contributed by atoms with E-state index < -0.39 is 0 Å². The molecule has 0 amide bonds. The van der Waals surface area contributed by atoms with Crippen LogP contribution < -0.4 is 5.32 Å². The molecule has 0 aliphatic carbocycles. The third kappa shape index (κ3) is 2.47. The van der Waals surface area contributed by atoms with E-state index in [0.717, 1.165) is 12.8 Å². The average Bonchev–Trinajstić information content (AvgIpc) is 2.59. The number of thiophene rings is 1. The van der Waals surface area contributed by atoms with Gasteiger partial charge < -0.3 is 5.32 Å². The monoisotopic (exact) mass is 181 g/mol. The molecular weight excluding hydrogens is 166 g/mol. The van der Waals surface area contributed by atoms with Gasteiger partial charge in [0.05, 0.1) is 0 Å². The van der Waals surface area contributed by atoms with Gasteiger partial charge in [0.25, 0.3) is 0 Å². The van der Waals surface area contributed by atoms with Gasteiger partial charge in [-0.2, -0.15) is 11.3 Å². The fourth-order valence-corrected chi connectivity index (χ4v) is 1.95. The zero-order valence-electron chi connectivity index (χ0n) is 7.42. The van der Waals surface area contributed by atoms with Crippen LogP contribution in [0.3, 0.4) is 0 Å². The molecule has 0 fully saturated rings. The highest BCUT2D eigenvalue weighted by atomic mass is 32.1. The Balaban J connectivity index is 2.51. The molecule has 0 radical (unpaired) electrons. The number of nitrogens with one attached hydrogen (secondary N) is 1. The molecular formula is C10H15NS. The first-order chi connectivity index (χ1) is 5.88. The van der Waals surface area contributed by atoms with Crippen molar-refractivity contribution in [1.82, 2.24) is 5.32 Å². The Morgan fingerprint density at radius 1 is 1.75 bits per heavy atom. The molecule has 1 aromatic heterocycles. The largest absolute Gasteiger partial charge is 0.313 e. The molecule has 12 heavy (non-hydrogen) atoms. The molecule has 0 spiro atoms. The maximum atomic E-state index is 3.72. The lowest BCUT2D eigenvalue weighted by molar-refractivity contribution is 0.556. The van der Waals surface area contributed by atoms with E-state index in [1.165, 1.54) is 5.56 Å². The summed E-state index contributed by atoms with van der Waals surface area (Å²) in [6.45, 7) is 3.72. The third-order valence-corrected chi connectivity index (χ3v) is 2.65. The van der Waals surface area contributed by atoms with Crippen LogP contribution in [-0.2, 0) is 0 Å². The normalized spacial score (nSPS) is 12.8. The minimum atomic E-state index is 0.495. The maximum Gasteiger partial charge on any atom is 0.0328 e. The molecule has 1 aromatic rings. The van der Waals surface area contributed by atoms with E-state index >= 15 is 0 Å². The van der Waals surface area contributed by atoms with Crippen molar-refractivity contribution in [3.63, 3.8) is 0 Å². The Morgan fingerprint density at radius 2 is 2.58 bits per heavy atom. The summed E-state index contributed by atoms with van der Waals surface area (Å²) in [7, 11) is 2.01. The Bertz CT molecular complexity index is 216. The Kier molecular flexibility index (Phi) is 4.05. The number of rotatable bonds is 5. The van der Waals surface area contributed by atoms with E-state index in [4.69, 9.17) is 0 Å². The predicted molar refractivity (Wildman–Crippen MR) is 55.6 cm³/mol. The van der Waals surface area contributed by atoms with Crippen LogP contribution in [0.25, 0.3) is 0 Å². The highest BCUT2D eigenvalue weighted by molar-refractivity contribution is 7.07. The smallest absolute Gasteiger partial charge is 0.0328 e. The molecule has 0 aliphatic rings. The Labute approximate surface area is 78.1 Å². The summed E-state index contributed by atoms with van der Waals surface area (Å²) in [6, 6.07) is 2.67. The van der Waals surface area contributed by atoms with E-state index in [1.807, 2.05) is 13.1 Å². The molecule has 0 aliphatic heterocycles. The molecule has 1 unspecified atom stereocenters. The molecule has 0 saturated heterocycles. The number of hydrogen-bond donors (Lipinski definition) is 1. The van der Waals surface area contributed by atoms with Crippen LogP contribution in [0.4, 0.5) is 0 Å². The fourth-order valence-electron chi connectivity index (χ4n) is 1.24. The van der Waals surface area contributed by atoms with Crippen molar-refractivity contribution in [2.24, 2.45) is 0 Å². The van der Waals surface area contributed by atoms with Crippen LogP contribution in [0.1, 0.15) is 24.4 Å². The van der Waals surface area contributed by atoms with Gasteiger partial charge in [0.15, 0.2) is 0 Å². The van der Waals surface area contributed by atoms with Crippen molar-refractivity contribution in [3.05, 3.63) is 35.0 Å². The average molecular weight is 181 g/mol. The van der Waals surface area contributed by atoms with Crippen LogP contribution in [0.15, 0.2) is 29.5 Å². The molecule has 0 aromatic carbocycles. The SMILES string of the molecule is C=CCCC(NC)c1ccsc1. The molecule has 1 heterocycles. The van der Waals surface area contributed by atoms with E-state index in [1.54, 1.807) is 11.3 Å². The number of allylic oxidation sites excluding steroid dienone is 1. The molecule has 0 saturated carbocycles. The lowest BCUT2D eigenvalue weighted by Gasteiger charge is -2.12. The van der Waals surface area contributed by atoms with Gasteiger partial charge in [-0.3, -0.25) is 0 Å². The summed E-state index contributed by atoms with van der Waals surface area (Å²) < 4.78 is 0. The van der Waals surface area contributed by atoms with Crippen molar-refractivity contribution in [2.75, 3.05) is 7.05 Å². The zero-order valence-corrected chi connectivity index (χ0v) is 8.23. The van der Waals surface area contributed by atoms with Gasteiger partial charge in [-0.25, -0.2) is 0 Å². The summed E-state index contributed by atoms with van der Waals surface area (Å²) >= 11 is 1.75. The van der Waals surface area contributed by atoms with E-state index in [0.29, 0.717) is 6.04 Å². The minimum absolute atomic E-state index is 0.495. The van der Waals surface area contributed by atoms with Crippen LogP contribution in [-0.4, -0.2) is 7.05 Å². The van der Waals surface area contributed by atoms with Crippen LogP contribution in [0.5, 0.6) is 0 Å². The van der Waals surface area contributed by atoms with Crippen molar-refractivity contribution in [1.29, 1.82) is 0 Å². The van der Waals surface area contributed by atoms with Gasteiger partial charge in [-0.15, -0.1) is 6.58 Å². The van der Waals surface area contributed by atoms with Gasteiger partial charge in [0.1, 0.15) is 0 Å². The van der Waals surface area contributed by atoms with Crippen molar-refractivity contribution in [2.45, 2.75) is 18.9 Å². The summed E-state index contributed by atoms with van der Waals surface area (Å²) in [5, 5.41) is 7.62. The van der Waals surface area contributed by atoms with Crippen LogP contribution >= 0.6 is 11.3 Å². The lowest BCUT2D eigenvalue weighted by atomic mass is 10.1. The molecule has 1 rings (SSSR count). The van der Waals surface area contributed by atoms with Gasteiger partial charge in [0.2, 0.25) is 0 Å². The van der Waals surface area contributed by atoms with Crippen LogP contribution in [0.2, 0.25) is 0 Å². The van der Waals surface area contributed by atoms with E-state index in [9.17, 15) is 0 Å². The molecule has 2 heteroatoms. The predicted octanol–water partition coefficient (Wildman–Crippen LogP) is 2.97. The molecule has 0 bridgehead atoms. The standard InChI is InChI=1S/C10H15NS/c1-3-4-5-10(11-2)9-6-7-12-8-9/h3,6-8,10-11H,1,4-5H2,2H3. The Hall–Kier alpha value is -0.600. The summed E-state index contributed by atoms with van der Waals surface area (Å²) in [5.74, 6) is 0. The quantitative estimate of drug-likeness (QED) is 0.689. The van der Waals surface area contributed by atoms with E-state index in [-0.39, 0.29) is 0 Å². The van der Waals surface area contributed by atoms with Crippen molar-refractivity contribution >= 4 is 11.3 Å². The first-order valence-electron chi connectivity index (χ1n) is 4.18. The highest BCUT2D eigenvalue weighted by Crippen LogP contribution is 2.20. The number of hydrogen-bond acceptors (Lipinski definition) is 2. The second kappa shape index (κ2) is 5.12. The van der Waals surface area contributed by atoms with Gasteiger partial charge in [-0.1, -0.05) is 6.08 Å². The summed E-state index contributed by atoms with van der Waals surface area (Å²) in [4.78, 5) is 0. The summed E-state index contributed by atoms with van der Waals surface area (Å²) in [5.41, 5.74) is 1.39. The maximum absolute atomic E-state index is 3.72. The molecule has 1 N–H and O–H groups in total. The minimum Gasteiger partial charge on any atom is -0.313 e. The van der Waals surface area contributed by atoms with E-state index in [2.05, 4.69) is 28.7 Å². The zero-order chi connectivity index (χ0) is 8.81. The first-order valence-corrected chi connectivity index (χ1v) is 5.13. The summed E-state index contributed by atoms with van der Waals surface area (Å²) in [6.07, 6.45) is 4.18.